The molecule has 1 heterocycles. The Morgan fingerprint density at radius 3 is 2.80 bits per heavy atom. The van der Waals surface area contributed by atoms with Crippen molar-refractivity contribution in [3.05, 3.63) is 47.3 Å². The van der Waals surface area contributed by atoms with Crippen LogP contribution in [0.25, 0.3) is 0 Å². The van der Waals surface area contributed by atoms with Crippen LogP contribution in [-0.2, 0) is 13.0 Å². The summed E-state index contributed by atoms with van der Waals surface area (Å²) in [5.74, 6) is 0.968. The molecule has 0 aliphatic rings. The third kappa shape index (κ3) is 1.99. The minimum atomic E-state index is 0.261. The highest BCUT2D eigenvalue weighted by Gasteiger charge is 2.09. The molecule has 4 nitrogen and oxygen atoms in total. The Labute approximate surface area is 87.3 Å². The summed E-state index contributed by atoms with van der Waals surface area (Å²) in [6.45, 7) is 0.395. The van der Waals surface area contributed by atoms with Gasteiger partial charge < -0.3 is 15.4 Å². The minimum Gasteiger partial charge on any atom is -0.508 e. The Kier molecular flexibility index (Phi) is 2.69. The van der Waals surface area contributed by atoms with Gasteiger partial charge in [0.15, 0.2) is 0 Å². The fourth-order valence-corrected chi connectivity index (χ4v) is 1.43. The molecule has 0 unspecified atom stereocenters. The number of para-hydroxylation sites is 1. The number of rotatable bonds is 3. The van der Waals surface area contributed by atoms with Crippen molar-refractivity contribution < 1.29 is 9.63 Å². The summed E-state index contributed by atoms with van der Waals surface area (Å²) in [7, 11) is 0. The van der Waals surface area contributed by atoms with E-state index in [-0.39, 0.29) is 5.75 Å². The number of hydrogen-bond acceptors (Lipinski definition) is 4. The first-order valence-corrected chi connectivity index (χ1v) is 4.70. The van der Waals surface area contributed by atoms with E-state index < -0.39 is 0 Å². The van der Waals surface area contributed by atoms with Gasteiger partial charge in [-0.3, -0.25) is 0 Å². The lowest BCUT2D eigenvalue weighted by molar-refractivity contribution is 0.385. The molecule has 3 N–H and O–H groups in total. The van der Waals surface area contributed by atoms with Crippen molar-refractivity contribution in [1.82, 2.24) is 5.16 Å². The number of phenols is 1. The quantitative estimate of drug-likeness (QED) is 0.793. The predicted octanol–water partition coefficient (Wildman–Crippen LogP) is 1.43. The maximum Gasteiger partial charge on any atom is 0.145 e. The van der Waals surface area contributed by atoms with Gasteiger partial charge in [-0.1, -0.05) is 23.4 Å². The number of nitrogens with two attached hydrogens (primary N) is 1. The molecule has 0 bridgehead atoms. The van der Waals surface area contributed by atoms with Crippen LogP contribution in [0.2, 0.25) is 0 Å². The van der Waals surface area contributed by atoms with Crippen LogP contribution in [0.5, 0.6) is 5.75 Å². The Bertz CT molecular complexity index is 451. The maximum absolute atomic E-state index is 9.58. The van der Waals surface area contributed by atoms with E-state index in [9.17, 15) is 5.11 Å². The van der Waals surface area contributed by atoms with Crippen molar-refractivity contribution in [2.24, 2.45) is 5.73 Å². The van der Waals surface area contributed by atoms with Gasteiger partial charge in [-0.25, -0.2) is 0 Å². The zero-order valence-electron chi connectivity index (χ0n) is 8.18. The summed E-state index contributed by atoms with van der Waals surface area (Å²) in [6.07, 6.45) is 2.12. The van der Waals surface area contributed by atoms with Crippen LogP contribution >= 0.6 is 0 Å². The second-order valence-electron chi connectivity index (χ2n) is 3.28. The number of hydrogen-bond donors (Lipinski definition) is 2. The highest BCUT2D eigenvalue weighted by Crippen LogP contribution is 2.21. The second kappa shape index (κ2) is 4.14. The lowest BCUT2D eigenvalue weighted by atomic mass is 10.1. The lowest BCUT2D eigenvalue weighted by Crippen LogP contribution is -1.99. The van der Waals surface area contributed by atoms with E-state index in [4.69, 9.17) is 10.3 Å². The fraction of sp³-hybridized carbons (Fsp3) is 0.182. The first-order valence-electron chi connectivity index (χ1n) is 4.70. The molecule has 1 aromatic carbocycles. The summed E-state index contributed by atoms with van der Waals surface area (Å²) in [5, 5.41) is 13.3. The molecule has 78 valence electrons. The normalized spacial score (nSPS) is 10.5. The standard InChI is InChI=1S/C11H12N2O2/c12-6-9-7-13-15-11(9)5-8-3-1-2-4-10(8)14/h1-4,7,14H,5-6,12H2. The lowest BCUT2D eigenvalue weighted by Gasteiger charge is -2.02. The van der Waals surface area contributed by atoms with Crippen LogP contribution in [0.3, 0.4) is 0 Å². The molecule has 0 saturated carbocycles. The van der Waals surface area contributed by atoms with Crippen molar-refractivity contribution in [3.63, 3.8) is 0 Å². The van der Waals surface area contributed by atoms with Crippen LogP contribution in [0.4, 0.5) is 0 Å². The van der Waals surface area contributed by atoms with Crippen LogP contribution in [0, 0.1) is 0 Å². The monoisotopic (exact) mass is 204 g/mol. The highest BCUT2D eigenvalue weighted by molar-refractivity contribution is 5.35. The van der Waals surface area contributed by atoms with Gasteiger partial charge in [0.25, 0.3) is 0 Å². The zero-order valence-corrected chi connectivity index (χ0v) is 8.18. The Morgan fingerprint density at radius 2 is 2.07 bits per heavy atom. The van der Waals surface area contributed by atoms with E-state index in [1.54, 1.807) is 18.3 Å². The number of benzene rings is 1. The van der Waals surface area contributed by atoms with Crippen molar-refractivity contribution >= 4 is 0 Å². The van der Waals surface area contributed by atoms with E-state index >= 15 is 0 Å². The molecule has 4 heteroatoms. The summed E-state index contributed by atoms with van der Waals surface area (Å²) in [4.78, 5) is 0. The number of phenolic OH excluding ortho intramolecular Hbond substituents is 1. The van der Waals surface area contributed by atoms with E-state index in [0.29, 0.717) is 18.7 Å². The van der Waals surface area contributed by atoms with Gasteiger partial charge in [-0.15, -0.1) is 0 Å². The SMILES string of the molecule is NCc1cnoc1Cc1ccccc1O. The van der Waals surface area contributed by atoms with E-state index in [1.165, 1.54) is 0 Å². The number of aromatic hydroxyl groups is 1. The predicted molar refractivity (Wildman–Crippen MR) is 55.3 cm³/mol. The molecule has 1 aromatic heterocycles. The molecule has 0 atom stereocenters. The zero-order chi connectivity index (χ0) is 10.7. The van der Waals surface area contributed by atoms with E-state index in [0.717, 1.165) is 11.1 Å². The molecule has 2 rings (SSSR count). The Hall–Kier alpha value is -1.81. The molecule has 2 aromatic rings. The molecule has 0 radical (unpaired) electrons. The molecule has 0 spiro atoms. The average Bonchev–Trinajstić information content (AvgIpc) is 2.69. The van der Waals surface area contributed by atoms with Gasteiger partial charge in [-0.05, 0) is 6.07 Å². The topological polar surface area (TPSA) is 72.3 Å². The van der Waals surface area contributed by atoms with E-state index in [1.807, 2.05) is 12.1 Å². The summed E-state index contributed by atoms with van der Waals surface area (Å²) >= 11 is 0. The molecule has 15 heavy (non-hydrogen) atoms. The molecule has 0 fully saturated rings. The molecular formula is C11H12N2O2. The largest absolute Gasteiger partial charge is 0.508 e. The third-order valence-electron chi connectivity index (χ3n) is 2.29. The summed E-state index contributed by atoms with van der Waals surface area (Å²) in [6, 6.07) is 7.14. The molecule has 0 saturated heterocycles. The average molecular weight is 204 g/mol. The Balaban J connectivity index is 2.26. The van der Waals surface area contributed by atoms with Crippen molar-refractivity contribution in [3.8, 4) is 5.75 Å². The van der Waals surface area contributed by atoms with Crippen LogP contribution in [-0.4, -0.2) is 10.3 Å². The van der Waals surface area contributed by atoms with Crippen molar-refractivity contribution in [2.45, 2.75) is 13.0 Å². The second-order valence-corrected chi connectivity index (χ2v) is 3.28. The maximum atomic E-state index is 9.58. The smallest absolute Gasteiger partial charge is 0.145 e. The van der Waals surface area contributed by atoms with E-state index in [2.05, 4.69) is 5.16 Å². The van der Waals surface area contributed by atoms with Gasteiger partial charge in [-0.2, -0.15) is 0 Å². The van der Waals surface area contributed by atoms with Crippen molar-refractivity contribution in [2.75, 3.05) is 0 Å². The van der Waals surface area contributed by atoms with Crippen LogP contribution in [0.1, 0.15) is 16.9 Å². The number of nitrogens with zero attached hydrogens (tertiary/aromatic N) is 1. The molecule has 0 amide bonds. The molecule has 0 aliphatic heterocycles. The summed E-state index contributed by atoms with van der Waals surface area (Å²) in [5.41, 5.74) is 7.21. The minimum absolute atomic E-state index is 0.261. The first kappa shape index (κ1) is 9.73. The third-order valence-corrected chi connectivity index (χ3v) is 2.29. The van der Waals surface area contributed by atoms with Gasteiger partial charge in [0.1, 0.15) is 11.5 Å². The van der Waals surface area contributed by atoms with Gasteiger partial charge in [0.05, 0.1) is 6.20 Å². The van der Waals surface area contributed by atoms with Gasteiger partial charge in [0.2, 0.25) is 0 Å². The Morgan fingerprint density at radius 1 is 1.27 bits per heavy atom. The van der Waals surface area contributed by atoms with Crippen molar-refractivity contribution in [1.29, 1.82) is 0 Å². The highest BCUT2D eigenvalue weighted by atomic mass is 16.5. The summed E-state index contributed by atoms with van der Waals surface area (Å²) < 4.78 is 5.07. The fourth-order valence-electron chi connectivity index (χ4n) is 1.43. The van der Waals surface area contributed by atoms with Gasteiger partial charge >= 0.3 is 0 Å². The van der Waals surface area contributed by atoms with Gasteiger partial charge in [0, 0.05) is 24.1 Å². The first-order chi connectivity index (χ1) is 7.31. The van der Waals surface area contributed by atoms with Crippen LogP contribution < -0.4 is 5.73 Å². The molecular weight excluding hydrogens is 192 g/mol. The van der Waals surface area contributed by atoms with Crippen LogP contribution in [0.15, 0.2) is 35.0 Å². The molecule has 0 aliphatic carbocycles. The number of aromatic nitrogens is 1.